The molecule has 1 heteroatoms. The maximum Gasteiger partial charge on any atom is 0.0688 e. The third-order valence-electron chi connectivity index (χ3n) is 4.76. The fourth-order valence-corrected chi connectivity index (χ4v) is 3.40. The summed E-state index contributed by atoms with van der Waals surface area (Å²) < 4.78 is 0. The van der Waals surface area contributed by atoms with Gasteiger partial charge in [-0.3, -0.25) is 0 Å². The molecule has 0 saturated heterocycles. The fourth-order valence-electron chi connectivity index (χ4n) is 3.40. The van der Waals surface area contributed by atoms with E-state index in [4.69, 9.17) is 0 Å². The van der Waals surface area contributed by atoms with Crippen molar-refractivity contribution in [3.05, 3.63) is 35.4 Å². The second-order valence-corrected chi connectivity index (χ2v) is 7.53. The molecule has 0 radical (unpaired) electrons. The van der Waals surface area contributed by atoms with Gasteiger partial charge in [0, 0.05) is 6.42 Å². The summed E-state index contributed by atoms with van der Waals surface area (Å²) in [6.45, 7) is 9.08. The molecule has 1 nitrogen and oxygen atoms in total. The average molecular weight is 260 g/mol. The molecular formula is C18H28O. The first-order valence-corrected chi connectivity index (χ1v) is 7.56. The van der Waals surface area contributed by atoms with E-state index in [-0.39, 0.29) is 0 Å². The van der Waals surface area contributed by atoms with E-state index in [1.807, 2.05) is 0 Å². The van der Waals surface area contributed by atoms with Crippen molar-refractivity contribution in [2.24, 2.45) is 11.3 Å². The van der Waals surface area contributed by atoms with E-state index in [9.17, 15) is 5.11 Å². The molecule has 0 spiro atoms. The molecule has 1 aliphatic rings. The Hall–Kier alpha value is -0.820. The highest BCUT2D eigenvalue weighted by molar-refractivity contribution is 5.23. The highest BCUT2D eigenvalue weighted by atomic mass is 16.3. The lowest BCUT2D eigenvalue weighted by molar-refractivity contribution is -0.0245. The second kappa shape index (κ2) is 5.28. The zero-order valence-corrected chi connectivity index (χ0v) is 12.9. The molecule has 0 aliphatic heterocycles. The summed E-state index contributed by atoms with van der Waals surface area (Å²) in [6, 6.07) is 8.55. The van der Waals surface area contributed by atoms with Crippen LogP contribution in [0.4, 0.5) is 0 Å². The largest absolute Gasteiger partial charge is 0.390 e. The van der Waals surface area contributed by atoms with E-state index in [0.29, 0.717) is 5.41 Å². The molecule has 0 aromatic heterocycles. The summed E-state index contributed by atoms with van der Waals surface area (Å²) in [6.07, 6.45) is 5.02. The lowest BCUT2D eigenvalue weighted by atomic mass is 9.67. The molecular weight excluding hydrogens is 232 g/mol. The standard InChI is InChI=1S/C18H28O/c1-14-6-5-7-15(12-14)13-18(19)10-8-16(9-11-18)17(2,3)4/h5-7,12,16,19H,8-11,13H2,1-4H3. The van der Waals surface area contributed by atoms with Crippen LogP contribution >= 0.6 is 0 Å². The van der Waals surface area contributed by atoms with E-state index >= 15 is 0 Å². The van der Waals surface area contributed by atoms with Crippen molar-refractivity contribution < 1.29 is 5.11 Å². The normalized spacial score (nSPS) is 28.4. The Bertz CT molecular complexity index is 420. The number of benzene rings is 1. The summed E-state index contributed by atoms with van der Waals surface area (Å²) in [4.78, 5) is 0. The summed E-state index contributed by atoms with van der Waals surface area (Å²) in [5.41, 5.74) is 2.46. The molecule has 0 unspecified atom stereocenters. The minimum atomic E-state index is -0.477. The zero-order valence-electron chi connectivity index (χ0n) is 12.9. The van der Waals surface area contributed by atoms with Crippen molar-refractivity contribution in [2.45, 2.75) is 65.4 Å². The van der Waals surface area contributed by atoms with Crippen molar-refractivity contribution in [2.75, 3.05) is 0 Å². The van der Waals surface area contributed by atoms with Crippen LogP contribution in [-0.4, -0.2) is 10.7 Å². The first-order valence-electron chi connectivity index (χ1n) is 7.56. The highest BCUT2D eigenvalue weighted by Crippen LogP contribution is 2.42. The fraction of sp³-hybridized carbons (Fsp3) is 0.667. The molecule has 1 aliphatic carbocycles. The van der Waals surface area contributed by atoms with Crippen LogP contribution in [0.15, 0.2) is 24.3 Å². The number of rotatable bonds is 2. The van der Waals surface area contributed by atoms with Gasteiger partial charge in [0.05, 0.1) is 5.60 Å². The molecule has 0 atom stereocenters. The molecule has 106 valence electrons. The Balaban J connectivity index is 1.99. The van der Waals surface area contributed by atoms with Crippen LogP contribution in [0.25, 0.3) is 0 Å². The first kappa shape index (κ1) is 14.6. The van der Waals surface area contributed by atoms with Crippen LogP contribution in [0.1, 0.15) is 57.6 Å². The van der Waals surface area contributed by atoms with Crippen molar-refractivity contribution >= 4 is 0 Å². The van der Waals surface area contributed by atoms with Gasteiger partial charge in [-0.15, -0.1) is 0 Å². The van der Waals surface area contributed by atoms with Crippen molar-refractivity contribution in [3.8, 4) is 0 Å². The molecule has 19 heavy (non-hydrogen) atoms. The Morgan fingerprint density at radius 1 is 1.21 bits per heavy atom. The monoisotopic (exact) mass is 260 g/mol. The maximum absolute atomic E-state index is 10.8. The van der Waals surface area contributed by atoms with Crippen LogP contribution < -0.4 is 0 Å². The number of hydrogen-bond donors (Lipinski definition) is 1. The van der Waals surface area contributed by atoms with Crippen molar-refractivity contribution in [1.82, 2.24) is 0 Å². The highest BCUT2D eigenvalue weighted by Gasteiger charge is 2.37. The maximum atomic E-state index is 10.8. The van der Waals surface area contributed by atoms with Gasteiger partial charge in [0.2, 0.25) is 0 Å². The van der Waals surface area contributed by atoms with Crippen LogP contribution in [0.2, 0.25) is 0 Å². The molecule has 0 amide bonds. The number of aryl methyl sites for hydroxylation is 1. The molecule has 0 bridgehead atoms. The summed E-state index contributed by atoms with van der Waals surface area (Å²) in [5, 5.41) is 10.8. The first-order chi connectivity index (χ1) is 8.78. The third kappa shape index (κ3) is 3.82. The predicted molar refractivity (Wildman–Crippen MR) is 81.2 cm³/mol. The number of aliphatic hydroxyl groups is 1. The van der Waals surface area contributed by atoms with Gasteiger partial charge in [-0.05, 0) is 49.5 Å². The van der Waals surface area contributed by atoms with Gasteiger partial charge in [0.25, 0.3) is 0 Å². The lowest BCUT2D eigenvalue weighted by Gasteiger charge is -2.41. The Labute approximate surface area is 118 Å². The van der Waals surface area contributed by atoms with E-state index in [0.717, 1.165) is 38.0 Å². The average Bonchev–Trinajstić information content (AvgIpc) is 2.27. The predicted octanol–water partition coefficient (Wildman–Crippen LogP) is 4.50. The molecule has 1 aromatic carbocycles. The summed E-state index contributed by atoms with van der Waals surface area (Å²) in [7, 11) is 0. The molecule has 2 rings (SSSR count). The van der Waals surface area contributed by atoms with Gasteiger partial charge < -0.3 is 5.11 Å². The Morgan fingerprint density at radius 3 is 2.37 bits per heavy atom. The van der Waals surface area contributed by atoms with Crippen LogP contribution in [0.3, 0.4) is 0 Å². The van der Waals surface area contributed by atoms with Gasteiger partial charge >= 0.3 is 0 Å². The van der Waals surface area contributed by atoms with Crippen molar-refractivity contribution in [1.29, 1.82) is 0 Å². The Morgan fingerprint density at radius 2 is 1.84 bits per heavy atom. The van der Waals surface area contributed by atoms with E-state index < -0.39 is 5.60 Å². The topological polar surface area (TPSA) is 20.2 Å². The van der Waals surface area contributed by atoms with Gasteiger partial charge in [0.1, 0.15) is 0 Å². The zero-order chi connectivity index (χ0) is 14.1. The minimum absolute atomic E-state index is 0.380. The van der Waals surface area contributed by atoms with Crippen molar-refractivity contribution in [3.63, 3.8) is 0 Å². The van der Waals surface area contributed by atoms with Gasteiger partial charge in [-0.2, -0.15) is 0 Å². The molecule has 1 aromatic rings. The minimum Gasteiger partial charge on any atom is -0.390 e. The number of hydrogen-bond acceptors (Lipinski definition) is 1. The molecule has 1 N–H and O–H groups in total. The molecule has 1 fully saturated rings. The van der Waals surface area contributed by atoms with Gasteiger partial charge in [-0.25, -0.2) is 0 Å². The summed E-state index contributed by atoms with van der Waals surface area (Å²) >= 11 is 0. The van der Waals surface area contributed by atoms with Crippen LogP contribution in [-0.2, 0) is 6.42 Å². The van der Waals surface area contributed by atoms with E-state index in [1.165, 1.54) is 11.1 Å². The lowest BCUT2D eigenvalue weighted by Crippen LogP contribution is -2.39. The molecule has 1 saturated carbocycles. The summed E-state index contributed by atoms with van der Waals surface area (Å²) in [5.74, 6) is 0.755. The second-order valence-electron chi connectivity index (χ2n) is 7.53. The quantitative estimate of drug-likeness (QED) is 0.829. The van der Waals surface area contributed by atoms with Crippen LogP contribution in [0, 0.1) is 18.3 Å². The van der Waals surface area contributed by atoms with Gasteiger partial charge in [0.15, 0.2) is 0 Å². The SMILES string of the molecule is Cc1cccc(CC2(O)CCC(C(C)(C)C)CC2)c1. The third-order valence-corrected chi connectivity index (χ3v) is 4.76. The van der Waals surface area contributed by atoms with Gasteiger partial charge in [-0.1, -0.05) is 50.6 Å². The van der Waals surface area contributed by atoms with E-state index in [2.05, 4.69) is 52.0 Å². The Kier molecular flexibility index (Phi) is 4.06. The van der Waals surface area contributed by atoms with E-state index in [1.54, 1.807) is 0 Å². The molecule has 0 heterocycles. The van der Waals surface area contributed by atoms with Crippen LogP contribution in [0.5, 0.6) is 0 Å². The smallest absolute Gasteiger partial charge is 0.0688 e.